The number of halogens is 3. The van der Waals surface area contributed by atoms with Crippen LogP contribution in [0.15, 0.2) is 11.0 Å². The molecule has 0 spiro atoms. The maximum atomic E-state index is 12.8. The lowest BCUT2D eigenvalue weighted by Crippen LogP contribution is -1.92. The van der Waals surface area contributed by atoms with Crippen molar-refractivity contribution in [3.8, 4) is 0 Å². The molecule has 0 radical (unpaired) electrons. The topological polar surface area (TPSA) is 26.0 Å². The minimum absolute atomic E-state index is 0.0116. The van der Waals surface area contributed by atoms with Crippen molar-refractivity contribution in [3.05, 3.63) is 21.9 Å². The zero-order valence-electron chi connectivity index (χ0n) is 5.24. The Morgan fingerprint density at radius 1 is 1.36 bits per heavy atom. The predicted octanol–water partition coefficient (Wildman–Crippen LogP) is 3.00. The first kappa shape index (κ1) is 8.97. The highest BCUT2D eigenvalue weighted by molar-refractivity contribution is 7.80. The van der Waals surface area contributed by atoms with Crippen molar-refractivity contribution < 1.29 is 4.39 Å². The van der Waals surface area contributed by atoms with E-state index in [0.29, 0.717) is 0 Å². The summed E-state index contributed by atoms with van der Waals surface area (Å²) < 4.78 is 12.8. The molecule has 0 amide bonds. The summed E-state index contributed by atoms with van der Waals surface area (Å²) >= 11 is 14.8. The molecule has 1 nitrogen and oxygen atoms in total. The lowest BCUT2D eigenvalue weighted by Gasteiger charge is -2.03. The van der Waals surface area contributed by atoms with Crippen molar-refractivity contribution in [2.75, 3.05) is 5.73 Å². The molecule has 1 rings (SSSR count). The Bertz CT molecular complexity index is 277. The summed E-state index contributed by atoms with van der Waals surface area (Å²) in [5.74, 6) is -0.642. The fourth-order valence-electron chi connectivity index (χ4n) is 0.597. The fraction of sp³-hybridized carbons (Fsp3) is 0. The third kappa shape index (κ3) is 1.55. The number of thiol groups is 1. The molecular weight excluding hydrogens is 208 g/mol. The van der Waals surface area contributed by atoms with E-state index in [1.165, 1.54) is 6.07 Å². The zero-order valence-corrected chi connectivity index (χ0v) is 7.64. The lowest BCUT2D eigenvalue weighted by molar-refractivity contribution is 0.604. The molecule has 0 aromatic heterocycles. The van der Waals surface area contributed by atoms with Crippen molar-refractivity contribution in [2.24, 2.45) is 0 Å². The number of nitrogen functional groups attached to an aromatic ring is 1. The molecule has 1 aromatic rings. The molecule has 0 aliphatic carbocycles. The number of hydrogen-bond acceptors (Lipinski definition) is 2. The van der Waals surface area contributed by atoms with Crippen LogP contribution in [0.5, 0.6) is 0 Å². The van der Waals surface area contributed by atoms with Crippen LogP contribution in [0.2, 0.25) is 10.0 Å². The smallest absolute Gasteiger partial charge is 0.157 e. The molecule has 0 unspecified atom stereocenters. The molecule has 0 saturated carbocycles. The molecule has 0 aliphatic heterocycles. The van der Waals surface area contributed by atoms with E-state index < -0.39 is 5.82 Å². The van der Waals surface area contributed by atoms with Gasteiger partial charge >= 0.3 is 0 Å². The summed E-state index contributed by atoms with van der Waals surface area (Å²) in [7, 11) is 0. The van der Waals surface area contributed by atoms with Crippen LogP contribution in [-0.4, -0.2) is 0 Å². The van der Waals surface area contributed by atoms with Crippen LogP contribution in [-0.2, 0) is 0 Å². The second-order valence-corrected chi connectivity index (χ2v) is 3.18. The molecule has 0 fully saturated rings. The molecular formula is C6H4Cl2FNS. The molecule has 0 atom stereocenters. The molecule has 0 bridgehead atoms. The first-order chi connectivity index (χ1) is 5.04. The minimum atomic E-state index is -0.642. The van der Waals surface area contributed by atoms with Gasteiger partial charge in [0.1, 0.15) is 0 Å². The quantitative estimate of drug-likeness (QED) is 0.386. The van der Waals surface area contributed by atoms with E-state index in [1.54, 1.807) is 0 Å². The Morgan fingerprint density at radius 2 is 1.91 bits per heavy atom. The van der Waals surface area contributed by atoms with Crippen molar-refractivity contribution in [3.63, 3.8) is 0 Å². The van der Waals surface area contributed by atoms with E-state index in [-0.39, 0.29) is 20.6 Å². The second-order valence-electron chi connectivity index (χ2n) is 1.92. The van der Waals surface area contributed by atoms with Gasteiger partial charge in [-0.05, 0) is 6.07 Å². The van der Waals surface area contributed by atoms with Gasteiger partial charge in [0, 0.05) is 0 Å². The van der Waals surface area contributed by atoms with E-state index in [0.717, 1.165) is 0 Å². The van der Waals surface area contributed by atoms with Gasteiger partial charge in [0.2, 0.25) is 0 Å². The zero-order chi connectivity index (χ0) is 8.59. The van der Waals surface area contributed by atoms with Gasteiger partial charge in [-0.15, -0.1) is 12.6 Å². The number of rotatable bonds is 0. The van der Waals surface area contributed by atoms with E-state index in [4.69, 9.17) is 28.9 Å². The number of hydrogen-bond donors (Lipinski definition) is 2. The van der Waals surface area contributed by atoms with E-state index in [1.807, 2.05) is 0 Å². The number of nitrogens with two attached hydrogens (primary N) is 1. The van der Waals surface area contributed by atoms with Gasteiger partial charge in [0.05, 0.1) is 20.6 Å². The number of benzene rings is 1. The monoisotopic (exact) mass is 211 g/mol. The summed E-state index contributed by atoms with van der Waals surface area (Å²) in [5, 5.41) is 0.135. The minimum Gasteiger partial charge on any atom is -0.397 e. The normalized spacial score (nSPS) is 10.2. The van der Waals surface area contributed by atoms with E-state index in [9.17, 15) is 4.39 Å². The van der Waals surface area contributed by atoms with Crippen molar-refractivity contribution in [1.29, 1.82) is 0 Å². The molecule has 0 heterocycles. The van der Waals surface area contributed by atoms with Crippen molar-refractivity contribution in [2.45, 2.75) is 4.90 Å². The first-order valence-electron chi connectivity index (χ1n) is 2.66. The van der Waals surface area contributed by atoms with Crippen LogP contribution in [0.1, 0.15) is 0 Å². The molecule has 0 aliphatic rings. The Labute approximate surface area is 78.7 Å². The SMILES string of the molecule is Nc1c(Cl)cc(Cl)c(F)c1S. The van der Waals surface area contributed by atoms with Gasteiger partial charge in [-0.25, -0.2) is 4.39 Å². The highest BCUT2D eigenvalue weighted by Gasteiger charge is 2.10. The van der Waals surface area contributed by atoms with Gasteiger partial charge in [-0.3, -0.25) is 0 Å². The fourth-order valence-corrected chi connectivity index (χ4v) is 1.43. The standard InChI is InChI=1S/C6H4Cl2FNS/c7-2-1-3(8)5(10)6(11)4(2)9/h1,11H,10H2. The first-order valence-corrected chi connectivity index (χ1v) is 3.86. The van der Waals surface area contributed by atoms with Crippen molar-refractivity contribution in [1.82, 2.24) is 0 Å². The van der Waals surface area contributed by atoms with Crippen LogP contribution in [0, 0.1) is 5.82 Å². The van der Waals surface area contributed by atoms with Crippen LogP contribution >= 0.6 is 35.8 Å². The van der Waals surface area contributed by atoms with Crippen LogP contribution in [0.25, 0.3) is 0 Å². The average Bonchev–Trinajstić information content (AvgIpc) is 1.97. The Kier molecular flexibility index (Phi) is 2.52. The highest BCUT2D eigenvalue weighted by Crippen LogP contribution is 2.32. The van der Waals surface area contributed by atoms with Crippen molar-refractivity contribution >= 4 is 41.5 Å². The van der Waals surface area contributed by atoms with Gasteiger partial charge in [0.25, 0.3) is 0 Å². The average molecular weight is 212 g/mol. The molecule has 0 saturated heterocycles. The van der Waals surface area contributed by atoms with E-state index in [2.05, 4.69) is 12.6 Å². The molecule has 60 valence electrons. The van der Waals surface area contributed by atoms with Gasteiger partial charge < -0.3 is 5.73 Å². The Morgan fingerprint density at radius 3 is 2.45 bits per heavy atom. The molecule has 1 aromatic carbocycles. The summed E-state index contributed by atoms with van der Waals surface area (Å²) in [5.41, 5.74) is 5.45. The van der Waals surface area contributed by atoms with Crippen LogP contribution in [0.3, 0.4) is 0 Å². The maximum absolute atomic E-state index is 12.8. The Balaban J connectivity index is 3.46. The summed E-state index contributed by atoms with van der Waals surface area (Å²) in [4.78, 5) is -0.0116. The second kappa shape index (κ2) is 3.09. The van der Waals surface area contributed by atoms with Gasteiger partial charge in [-0.2, -0.15) is 0 Å². The summed E-state index contributed by atoms with van der Waals surface area (Å²) in [6.45, 7) is 0. The molecule has 2 N–H and O–H groups in total. The Hall–Kier alpha value is -0.120. The number of anilines is 1. The van der Waals surface area contributed by atoms with Crippen LogP contribution < -0.4 is 5.73 Å². The summed E-state index contributed by atoms with van der Waals surface area (Å²) in [6.07, 6.45) is 0. The largest absolute Gasteiger partial charge is 0.397 e. The highest BCUT2D eigenvalue weighted by atomic mass is 35.5. The summed E-state index contributed by atoms with van der Waals surface area (Å²) in [6, 6.07) is 1.24. The molecule has 11 heavy (non-hydrogen) atoms. The third-order valence-corrected chi connectivity index (χ3v) is 2.21. The van der Waals surface area contributed by atoms with Crippen LogP contribution in [0.4, 0.5) is 10.1 Å². The third-order valence-electron chi connectivity index (χ3n) is 1.18. The predicted molar refractivity (Wildman–Crippen MR) is 48.1 cm³/mol. The van der Waals surface area contributed by atoms with Gasteiger partial charge in [0.15, 0.2) is 5.82 Å². The van der Waals surface area contributed by atoms with Gasteiger partial charge in [-0.1, -0.05) is 23.2 Å². The van der Waals surface area contributed by atoms with E-state index >= 15 is 0 Å². The maximum Gasteiger partial charge on any atom is 0.157 e. The molecule has 5 heteroatoms. The lowest BCUT2D eigenvalue weighted by atomic mass is 10.3.